The minimum atomic E-state index is -0.552. The monoisotopic (exact) mass is 305 g/mol. The van der Waals surface area contributed by atoms with Crippen molar-refractivity contribution >= 4 is 11.7 Å². The topological polar surface area (TPSA) is 84.6 Å². The normalized spacial score (nSPS) is 25.8. The van der Waals surface area contributed by atoms with Gasteiger partial charge in [-0.25, -0.2) is 0 Å². The predicted octanol–water partition coefficient (Wildman–Crippen LogP) is 0.265. The summed E-state index contributed by atoms with van der Waals surface area (Å²) in [6.07, 6.45) is 3.78. The van der Waals surface area contributed by atoms with Crippen molar-refractivity contribution in [3.63, 3.8) is 0 Å². The van der Waals surface area contributed by atoms with E-state index in [1.54, 1.807) is 13.2 Å². The first-order chi connectivity index (χ1) is 10.7. The maximum Gasteiger partial charge on any atom is 0.269 e. The van der Waals surface area contributed by atoms with Crippen LogP contribution in [-0.2, 0) is 4.74 Å². The van der Waals surface area contributed by atoms with E-state index in [2.05, 4.69) is 20.0 Å². The van der Waals surface area contributed by atoms with E-state index < -0.39 is 5.91 Å². The molecule has 22 heavy (non-hydrogen) atoms. The second-order valence-corrected chi connectivity index (χ2v) is 6.05. The zero-order valence-corrected chi connectivity index (χ0v) is 12.9. The molecule has 2 saturated heterocycles. The third-order valence-electron chi connectivity index (χ3n) is 4.57. The number of ether oxygens (including phenoxy) is 1. The van der Waals surface area contributed by atoms with Crippen LogP contribution in [0.4, 0.5) is 5.82 Å². The molecule has 7 heteroatoms. The summed E-state index contributed by atoms with van der Waals surface area (Å²) in [6.45, 7) is 4.18. The fourth-order valence-electron chi connectivity index (χ4n) is 3.37. The number of nitrogens with two attached hydrogens (primary N) is 1. The van der Waals surface area contributed by atoms with E-state index in [0.717, 1.165) is 25.3 Å². The lowest BCUT2D eigenvalue weighted by Gasteiger charge is -2.28. The van der Waals surface area contributed by atoms with Gasteiger partial charge in [0, 0.05) is 26.2 Å². The molecule has 2 fully saturated rings. The highest BCUT2D eigenvalue weighted by Crippen LogP contribution is 2.26. The average Bonchev–Trinajstić information content (AvgIpc) is 3.17. The van der Waals surface area contributed by atoms with Gasteiger partial charge in [-0.3, -0.25) is 4.79 Å². The van der Waals surface area contributed by atoms with Crippen molar-refractivity contribution in [3.8, 4) is 0 Å². The maximum atomic E-state index is 11.1. The number of likely N-dealkylation sites (tertiary alicyclic amines) is 1. The van der Waals surface area contributed by atoms with Gasteiger partial charge in [-0.1, -0.05) is 0 Å². The van der Waals surface area contributed by atoms with Gasteiger partial charge in [0.2, 0.25) is 0 Å². The Kier molecular flexibility index (Phi) is 4.54. The summed E-state index contributed by atoms with van der Waals surface area (Å²) >= 11 is 0. The Morgan fingerprint density at radius 2 is 2.14 bits per heavy atom. The van der Waals surface area contributed by atoms with Crippen molar-refractivity contribution < 1.29 is 9.53 Å². The van der Waals surface area contributed by atoms with Gasteiger partial charge in [-0.2, -0.15) is 0 Å². The lowest BCUT2D eigenvalue weighted by Crippen LogP contribution is -2.40. The minimum Gasteiger partial charge on any atom is -0.380 e. The molecule has 2 aliphatic heterocycles. The van der Waals surface area contributed by atoms with Crippen LogP contribution >= 0.6 is 0 Å². The fourth-order valence-corrected chi connectivity index (χ4v) is 3.37. The van der Waals surface area contributed by atoms with E-state index in [1.807, 2.05) is 6.07 Å². The van der Waals surface area contributed by atoms with Gasteiger partial charge in [0.1, 0.15) is 0 Å². The summed E-state index contributed by atoms with van der Waals surface area (Å²) in [6, 6.07) is 3.83. The molecule has 120 valence electrons. The van der Waals surface area contributed by atoms with E-state index in [4.69, 9.17) is 10.5 Å². The van der Waals surface area contributed by atoms with Crippen LogP contribution in [0.2, 0.25) is 0 Å². The molecule has 7 nitrogen and oxygen atoms in total. The number of hydrogen-bond donors (Lipinski definition) is 1. The molecule has 1 aromatic rings. The molecule has 1 aromatic heterocycles. The van der Waals surface area contributed by atoms with Crippen LogP contribution < -0.4 is 10.6 Å². The maximum absolute atomic E-state index is 11.1. The highest BCUT2D eigenvalue weighted by Gasteiger charge is 2.34. The van der Waals surface area contributed by atoms with Crippen LogP contribution in [0, 0.1) is 0 Å². The van der Waals surface area contributed by atoms with Gasteiger partial charge >= 0.3 is 0 Å². The summed E-state index contributed by atoms with van der Waals surface area (Å²) < 4.78 is 5.54. The lowest BCUT2D eigenvalue weighted by atomic mass is 10.2. The van der Waals surface area contributed by atoms with Crippen LogP contribution in [0.3, 0.4) is 0 Å². The standard InChI is InChI=1S/C15H23N5O2/c1-22-12-8-11(9-19-6-2-3-7-19)20(10-12)14-5-4-13(15(16)21)17-18-14/h4-5,11-12H,2-3,6-10H2,1H3,(H2,16,21)/t11-,12-/m0/s1. The molecule has 1 amide bonds. The van der Waals surface area contributed by atoms with E-state index in [-0.39, 0.29) is 11.8 Å². The Bertz CT molecular complexity index is 515. The average molecular weight is 305 g/mol. The van der Waals surface area contributed by atoms with Gasteiger partial charge in [-0.05, 0) is 44.5 Å². The molecular weight excluding hydrogens is 282 g/mol. The zero-order chi connectivity index (χ0) is 15.5. The smallest absolute Gasteiger partial charge is 0.269 e. The number of rotatable bonds is 5. The number of amides is 1. The summed E-state index contributed by atoms with van der Waals surface area (Å²) in [5.41, 5.74) is 5.41. The molecule has 3 heterocycles. The van der Waals surface area contributed by atoms with Crippen LogP contribution in [0.5, 0.6) is 0 Å². The second-order valence-electron chi connectivity index (χ2n) is 6.05. The van der Waals surface area contributed by atoms with Crippen molar-refractivity contribution in [1.82, 2.24) is 15.1 Å². The Labute approximate surface area is 130 Å². The number of hydrogen-bond acceptors (Lipinski definition) is 6. The Hall–Kier alpha value is -1.73. The lowest BCUT2D eigenvalue weighted by molar-refractivity contribution is 0.0994. The molecule has 0 unspecified atom stereocenters. The van der Waals surface area contributed by atoms with Gasteiger partial charge < -0.3 is 20.3 Å². The van der Waals surface area contributed by atoms with Crippen molar-refractivity contribution in [2.24, 2.45) is 5.73 Å². The quantitative estimate of drug-likeness (QED) is 0.840. The first kappa shape index (κ1) is 15.2. The van der Waals surface area contributed by atoms with Crippen LogP contribution in [0.15, 0.2) is 12.1 Å². The van der Waals surface area contributed by atoms with E-state index in [1.165, 1.54) is 25.9 Å². The number of primary amides is 1. The second kappa shape index (κ2) is 6.58. The number of anilines is 1. The Balaban J connectivity index is 1.74. The third kappa shape index (κ3) is 3.20. The summed E-state index contributed by atoms with van der Waals surface area (Å²) in [5.74, 6) is 0.234. The van der Waals surface area contributed by atoms with Gasteiger partial charge in [-0.15, -0.1) is 10.2 Å². The molecule has 0 spiro atoms. The Morgan fingerprint density at radius 3 is 2.73 bits per heavy atom. The molecule has 3 rings (SSSR count). The summed E-state index contributed by atoms with van der Waals surface area (Å²) in [7, 11) is 1.75. The number of carbonyl (C=O) groups is 1. The highest BCUT2D eigenvalue weighted by molar-refractivity contribution is 5.90. The number of aromatic nitrogens is 2. The zero-order valence-electron chi connectivity index (χ0n) is 12.9. The van der Waals surface area contributed by atoms with Gasteiger partial charge in [0.25, 0.3) is 5.91 Å². The largest absolute Gasteiger partial charge is 0.380 e. The first-order valence-electron chi connectivity index (χ1n) is 7.82. The fraction of sp³-hybridized carbons (Fsp3) is 0.667. The SMILES string of the molecule is CO[C@H]1C[C@@H](CN2CCCC2)N(c2ccc(C(N)=O)nn2)C1. The number of methoxy groups -OCH3 is 1. The molecule has 0 aromatic carbocycles. The first-order valence-corrected chi connectivity index (χ1v) is 7.82. The van der Waals surface area contributed by atoms with Crippen molar-refractivity contribution in [2.75, 3.05) is 38.2 Å². The molecule has 2 atom stereocenters. The van der Waals surface area contributed by atoms with Crippen molar-refractivity contribution in [2.45, 2.75) is 31.4 Å². The molecule has 2 aliphatic rings. The van der Waals surface area contributed by atoms with Gasteiger partial charge in [0.15, 0.2) is 11.5 Å². The van der Waals surface area contributed by atoms with Crippen LogP contribution in [-0.4, -0.2) is 66.4 Å². The van der Waals surface area contributed by atoms with E-state index in [9.17, 15) is 4.79 Å². The molecule has 0 saturated carbocycles. The summed E-state index contributed by atoms with van der Waals surface area (Å²) in [4.78, 5) is 15.8. The third-order valence-corrected chi connectivity index (χ3v) is 4.57. The highest BCUT2D eigenvalue weighted by atomic mass is 16.5. The Morgan fingerprint density at radius 1 is 1.36 bits per heavy atom. The van der Waals surface area contributed by atoms with E-state index in [0.29, 0.717) is 6.04 Å². The molecule has 0 bridgehead atoms. The van der Waals surface area contributed by atoms with Crippen LogP contribution in [0.1, 0.15) is 29.8 Å². The van der Waals surface area contributed by atoms with E-state index >= 15 is 0 Å². The number of carbonyl (C=O) groups excluding carboxylic acids is 1. The van der Waals surface area contributed by atoms with Gasteiger partial charge in [0.05, 0.1) is 6.10 Å². The molecular formula is C15H23N5O2. The van der Waals surface area contributed by atoms with Crippen molar-refractivity contribution in [3.05, 3.63) is 17.8 Å². The molecule has 0 aliphatic carbocycles. The number of nitrogens with zero attached hydrogens (tertiary/aromatic N) is 4. The summed E-state index contributed by atoms with van der Waals surface area (Å²) in [5, 5.41) is 8.10. The predicted molar refractivity (Wildman–Crippen MR) is 82.8 cm³/mol. The van der Waals surface area contributed by atoms with Crippen LogP contribution in [0.25, 0.3) is 0 Å². The van der Waals surface area contributed by atoms with Crippen molar-refractivity contribution in [1.29, 1.82) is 0 Å². The minimum absolute atomic E-state index is 0.197. The molecule has 0 radical (unpaired) electrons. The molecule has 2 N–H and O–H groups in total.